The number of benzene rings is 1. The molecule has 5 heteroatoms. The molecule has 2 aliphatic rings. The number of carbonyl (C=O) groups excluding carboxylic acids is 1. The molecular weight excluding hydrogens is 418 g/mol. The van der Waals surface area contributed by atoms with E-state index in [-0.39, 0.29) is 11.8 Å². The van der Waals surface area contributed by atoms with Crippen molar-refractivity contribution in [1.29, 1.82) is 0 Å². The number of allylic oxidation sites excluding steroid dienone is 2. The molecule has 0 radical (unpaired) electrons. The fourth-order valence-electron chi connectivity index (χ4n) is 4.55. The molecule has 0 bridgehead atoms. The van der Waals surface area contributed by atoms with Gasteiger partial charge in [-0.25, -0.2) is 4.99 Å². The molecule has 1 aromatic carbocycles. The number of piperidine rings is 1. The van der Waals surface area contributed by atoms with Crippen LogP contribution in [0.25, 0.3) is 0 Å². The molecule has 32 heavy (non-hydrogen) atoms. The second-order valence-corrected chi connectivity index (χ2v) is 10.2. The van der Waals surface area contributed by atoms with E-state index in [0.717, 1.165) is 69.0 Å². The van der Waals surface area contributed by atoms with Crippen molar-refractivity contribution in [2.45, 2.75) is 59.8 Å². The zero-order valence-corrected chi connectivity index (χ0v) is 20.9. The average Bonchev–Trinajstić information content (AvgIpc) is 2.76. The predicted octanol–water partition coefficient (Wildman–Crippen LogP) is 6.72. The molecule has 1 aromatic rings. The van der Waals surface area contributed by atoms with E-state index in [9.17, 15) is 4.79 Å². The van der Waals surface area contributed by atoms with Crippen LogP contribution in [0.4, 0.5) is 5.69 Å². The van der Waals surface area contributed by atoms with E-state index in [0.29, 0.717) is 16.9 Å². The second-order valence-electron chi connectivity index (χ2n) is 9.80. The van der Waals surface area contributed by atoms with Gasteiger partial charge in [0.05, 0.1) is 5.70 Å². The van der Waals surface area contributed by atoms with E-state index in [2.05, 4.69) is 45.2 Å². The highest BCUT2D eigenvalue weighted by Gasteiger charge is 2.31. The molecule has 1 saturated heterocycles. The van der Waals surface area contributed by atoms with Crippen molar-refractivity contribution in [2.75, 3.05) is 24.5 Å². The van der Waals surface area contributed by atoms with Crippen molar-refractivity contribution in [3.8, 4) is 0 Å². The maximum absolute atomic E-state index is 13.6. The molecule has 2 heterocycles. The van der Waals surface area contributed by atoms with Crippen LogP contribution in [0.5, 0.6) is 0 Å². The summed E-state index contributed by atoms with van der Waals surface area (Å²) in [5, 5.41) is 0.694. The fraction of sp³-hybridized carbons (Fsp3) is 0.556. The Bertz CT molecular complexity index is 863. The van der Waals surface area contributed by atoms with Gasteiger partial charge < -0.3 is 9.80 Å². The van der Waals surface area contributed by atoms with Gasteiger partial charge in [0.2, 0.25) is 5.91 Å². The first kappa shape index (κ1) is 24.6. The third kappa shape index (κ3) is 6.48. The third-order valence-corrected chi connectivity index (χ3v) is 6.84. The van der Waals surface area contributed by atoms with E-state index >= 15 is 0 Å². The highest BCUT2D eigenvalue weighted by atomic mass is 35.5. The van der Waals surface area contributed by atoms with Crippen molar-refractivity contribution in [3.05, 3.63) is 53.2 Å². The van der Waals surface area contributed by atoms with E-state index in [1.807, 2.05) is 29.2 Å². The molecular formula is C27H38ClN3O. The number of nitrogens with zero attached hydrogens (tertiary/aromatic N) is 3. The fourth-order valence-corrected chi connectivity index (χ4v) is 4.68. The highest BCUT2D eigenvalue weighted by molar-refractivity contribution is 6.30. The quantitative estimate of drug-likeness (QED) is 0.494. The number of likely N-dealkylation sites (tertiary alicyclic amines) is 1. The summed E-state index contributed by atoms with van der Waals surface area (Å²) < 4.78 is 0. The topological polar surface area (TPSA) is 35.9 Å². The molecule has 2 aliphatic heterocycles. The summed E-state index contributed by atoms with van der Waals surface area (Å²) in [5.41, 5.74) is 3.13. The number of hydrogen-bond donors (Lipinski definition) is 0. The SMILES string of the molecule is C=C1/C=C(/C)CCC(C)C(N2CCC(C(=O)N(CCC(C)C)c3ccc(Cl)cc3)CC2)=N1. The third-order valence-electron chi connectivity index (χ3n) is 6.59. The molecule has 0 spiro atoms. The van der Waals surface area contributed by atoms with Crippen molar-refractivity contribution < 1.29 is 4.79 Å². The molecule has 0 aromatic heterocycles. The Morgan fingerprint density at radius 1 is 1.22 bits per heavy atom. The first-order chi connectivity index (χ1) is 15.2. The van der Waals surface area contributed by atoms with Crippen LogP contribution in [-0.4, -0.2) is 36.3 Å². The van der Waals surface area contributed by atoms with Gasteiger partial charge in [-0.2, -0.15) is 0 Å². The minimum absolute atomic E-state index is 0.0453. The number of aliphatic imine (C=N–C) groups is 1. The number of amides is 1. The summed E-state index contributed by atoms with van der Waals surface area (Å²) in [6, 6.07) is 7.65. The van der Waals surface area contributed by atoms with Crippen LogP contribution in [0.3, 0.4) is 0 Å². The summed E-state index contributed by atoms with van der Waals surface area (Å²) in [6.07, 6.45) is 6.99. The summed E-state index contributed by atoms with van der Waals surface area (Å²) >= 11 is 6.08. The second kappa shape index (κ2) is 11.2. The molecule has 4 nitrogen and oxygen atoms in total. The van der Waals surface area contributed by atoms with Gasteiger partial charge in [-0.3, -0.25) is 4.79 Å². The molecule has 0 aliphatic carbocycles. The standard InChI is InChI=1S/C27H38ClN3O/c1-19(2)12-17-31(25-10-8-24(28)9-11-25)27(32)23-13-15-30(16-14-23)26-21(4)7-6-20(3)18-22(5)29-26/h8-11,18-19,21,23H,5-7,12-17H2,1-4H3/b20-18-,29-26?. The Labute approximate surface area is 199 Å². The maximum atomic E-state index is 13.6. The zero-order chi connectivity index (χ0) is 23.3. The summed E-state index contributed by atoms with van der Waals surface area (Å²) in [7, 11) is 0. The number of hydrogen-bond acceptors (Lipinski definition) is 3. The Hall–Kier alpha value is -2.07. The minimum atomic E-state index is 0.0453. The van der Waals surface area contributed by atoms with Gasteiger partial charge in [-0.1, -0.05) is 44.5 Å². The van der Waals surface area contributed by atoms with Crippen LogP contribution < -0.4 is 4.90 Å². The number of anilines is 1. The van der Waals surface area contributed by atoms with Crippen LogP contribution in [0.1, 0.15) is 59.8 Å². The Kier molecular flexibility index (Phi) is 8.58. The van der Waals surface area contributed by atoms with Crippen molar-refractivity contribution in [1.82, 2.24) is 4.90 Å². The van der Waals surface area contributed by atoms with Crippen LogP contribution in [-0.2, 0) is 4.79 Å². The van der Waals surface area contributed by atoms with Gasteiger partial charge in [0.1, 0.15) is 5.84 Å². The summed E-state index contributed by atoms with van der Waals surface area (Å²) in [6.45, 7) is 15.4. The lowest BCUT2D eigenvalue weighted by Gasteiger charge is -2.38. The largest absolute Gasteiger partial charge is 0.360 e. The average molecular weight is 456 g/mol. The lowest BCUT2D eigenvalue weighted by molar-refractivity contribution is -0.123. The predicted molar refractivity (Wildman–Crippen MR) is 136 cm³/mol. The van der Waals surface area contributed by atoms with E-state index in [4.69, 9.17) is 16.6 Å². The number of rotatable bonds is 5. The van der Waals surface area contributed by atoms with Gasteiger partial charge in [0, 0.05) is 42.2 Å². The normalized spacial score (nSPS) is 22.1. The van der Waals surface area contributed by atoms with Crippen LogP contribution in [0.15, 0.2) is 53.2 Å². The molecule has 1 amide bonds. The Morgan fingerprint density at radius 2 is 1.88 bits per heavy atom. The number of carbonyl (C=O) groups is 1. The van der Waals surface area contributed by atoms with Crippen LogP contribution in [0.2, 0.25) is 5.02 Å². The van der Waals surface area contributed by atoms with Gasteiger partial charge in [0.15, 0.2) is 0 Å². The molecule has 1 fully saturated rings. The molecule has 1 unspecified atom stereocenters. The van der Waals surface area contributed by atoms with Crippen molar-refractivity contribution in [2.24, 2.45) is 22.7 Å². The minimum Gasteiger partial charge on any atom is -0.360 e. The molecule has 0 N–H and O–H groups in total. The maximum Gasteiger partial charge on any atom is 0.230 e. The van der Waals surface area contributed by atoms with Gasteiger partial charge in [-0.05, 0) is 75.3 Å². The number of amidine groups is 1. The molecule has 174 valence electrons. The Morgan fingerprint density at radius 3 is 2.50 bits per heavy atom. The first-order valence-electron chi connectivity index (χ1n) is 12.0. The van der Waals surface area contributed by atoms with Crippen LogP contribution >= 0.6 is 11.6 Å². The van der Waals surface area contributed by atoms with Crippen LogP contribution in [0, 0.1) is 17.8 Å². The van der Waals surface area contributed by atoms with Gasteiger partial charge in [0.25, 0.3) is 0 Å². The number of halogens is 1. The monoisotopic (exact) mass is 455 g/mol. The lowest BCUT2D eigenvalue weighted by atomic mass is 9.92. The van der Waals surface area contributed by atoms with Crippen molar-refractivity contribution in [3.63, 3.8) is 0 Å². The lowest BCUT2D eigenvalue weighted by Crippen LogP contribution is -2.46. The molecule has 1 atom stereocenters. The van der Waals surface area contributed by atoms with E-state index in [1.54, 1.807) is 0 Å². The molecule has 0 saturated carbocycles. The smallest absolute Gasteiger partial charge is 0.230 e. The molecule has 3 rings (SSSR count). The van der Waals surface area contributed by atoms with Gasteiger partial charge >= 0.3 is 0 Å². The first-order valence-corrected chi connectivity index (χ1v) is 12.4. The summed E-state index contributed by atoms with van der Waals surface area (Å²) in [5.74, 6) is 2.37. The van der Waals surface area contributed by atoms with E-state index in [1.165, 1.54) is 5.57 Å². The zero-order valence-electron chi connectivity index (χ0n) is 20.1. The van der Waals surface area contributed by atoms with E-state index < -0.39 is 0 Å². The van der Waals surface area contributed by atoms with Crippen molar-refractivity contribution >= 4 is 29.0 Å². The summed E-state index contributed by atoms with van der Waals surface area (Å²) in [4.78, 5) is 22.8. The highest BCUT2D eigenvalue weighted by Crippen LogP contribution is 2.28. The van der Waals surface area contributed by atoms with Gasteiger partial charge in [-0.15, -0.1) is 0 Å². The Balaban J connectivity index is 1.69.